The van der Waals surface area contributed by atoms with Gasteiger partial charge in [0.15, 0.2) is 0 Å². The van der Waals surface area contributed by atoms with Crippen LogP contribution in [0.1, 0.15) is 69.2 Å². The van der Waals surface area contributed by atoms with Crippen molar-refractivity contribution in [2.45, 2.75) is 71.4 Å². The molecule has 0 saturated carbocycles. The van der Waals surface area contributed by atoms with E-state index in [1.54, 1.807) is 45.3 Å². The van der Waals surface area contributed by atoms with E-state index >= 15 is 4.39 Å². The molecule has 10 nitrogen and oxygen atoms in total. The first-order valence-electron chi connectivity index (χ1n) is 17.7. The van der Waals surface area contributed by atoms with Crippen molar-refractivity contribution in [3.63, 3.8) is 0 Å². The van der Waals surface area contributed by atoms with Crippen molar-refractivity contribution in [2.75, 3.05) is 39.1 Å². The van der Waals surface area contributed by atoms with Gasteiger partial charge in [-0.3, -0.25) is 24.3 Å². The summed E-state index contributed by atoms with van der Waals surface area (Å²) in [4.78, 5) is 45.9. The first-order chi connectivity index (χ1) is 24.4. The van der Waals surface area contributed by atoms with Crippen LogP contribution in [0.4, 0.5) is 10.1 Å². The minimum absolute atomic E-state index is 0.0222. The van der Waals surface area contributed by atoms with Gasteiger partial charge in [-0.15, -0.1) is 0 Å². The summed E-state index contributed by atoms with van der Waals surface area (Å²) in [5.74, 6) is -0.919. The molecule has 1 aromatic heterocycles. The monoisotopic (exact) mass is 716 g/mol. The van der Waals surface area contributed by atoms with Gasteiger partial charge in [-0.1, -0.05) is 50.6 Å². The Morgan fingerprint density at radius 1 is 1.22 bits per heavy atom. The van der Waals surface area contributed by atoms with Crippen LogP contribution >= 0.6 is 11.6 Å². The number of halogens is 2. The second-order valence-corrected chi connectivity index (χ2v) is 14.2. The standard InChI is InChI=1S/C39H46ClFN6O4/c1-7-22(3)35(48)45-39(8-2)17-19-47(21-39)31-15-12-24-20-30(44-37(51-6)32(24)31)26-13-14-28(41)33(34(26)40)25-10-9-11-29(23(25)4)43-36(49)27-16-18-42-46(5)38(27)50/h9-11,13-14,16,20,22,31,42H,7-8,12,15,17-19,21H2,1-6H3,(H,43,49)(H,45,48). The molecular weight excluding hydrogens is 671 g/mol. The number of likely N-dealkylation sites (N-methyl/N-ethyl adjacent to an activating group) is 1. The normalized spacial score (nSPS) is 20.9. The van der Waals surface area contributed by atoms with Crippen LogP contribution in [0.2, 0.25) is 5.02 Å². The molecule has 270 valence electrons. The molecule has 0 bridgehead atoms. The second-order valence-electron chi connectivity index (χ2n) is 13.9. The summed E-state index contributed by atoms with van der Waals surface area (Å²) >= 11 is 7.05. The zero-order chi connectivity index (χ0) is 36.6. The Labute approximate surface area is 303 Å². The molecule has 3 unspecified atom stereocenters. The van der Waals surface area contributed by atoms with Crippen LogP contribution in [-0.4, -0.2) is 71.9 Å². The van der Waals surface area contributed by atoms with E-state index in [4.69, 9.17) is 21.3 Å². The van der Waals surface area contributed by atoms with E-state index in [1.807, 2.05) is 19.9 Å². The van der Waals surface area contributed by atoms with Gasteiger partial charge < -0.3 is 15.4 Å². The molecule has 51 heavy (non-hydrogen) atoms. The van der Waals surface area contributed by atoms with E-state index in [1.165, 1.54) is 17.2 Å². The summed E-state index contributed by atoms with van der Waals surface area (Å²) < 4.78 is 21.6. The highest BCUT2D eigenvalue weighted by molar-refractivity contribution is 6.36. The fourth-order valence-electron chi connectivity index (χ4n) is 7.50. The van der Waals surface area contributed by atoms with E-state index in [0.717, 1.165) is 56.3 Å². The summed E-state index contributed by atoms with van der Waals surface area (Å²) in [6.45, 7) is 9.88. The predicted molar refractivity (Wildman–Crippen MR) is 197 cm³/mol. The molecule has 2 aromatic carbocycles. The summed E-state index contributed by atoms with van der Waals surface area (Å²) in [5.41, 5.74) is 7.61. The largest absolute Gasteiger partial charge is 0.481 e. The Morgan fingerprint density at radius 3 is 2.73 bits per heavy atom. The fraction of sp³-hybridized carbons (Fsp3) is 0.436. The van der Waals surface area contributed by atoms with E-state index in [2.05, 4.69) is 27.9 Å². The molecule has 0 radical (unpaired) electrons. The fourth-order valence-corrected chi connectivity index (χ4v) is 7.86. The maximum absolute atomic E-state index is 15.7. The molecule has 3 amide bonds. The molecular formula is C39H46ClFN6O4. The van der Waals surface area contributed by atoms with Gasteiger partial charge in [-0.25, -0.2) is 14.8 Å². The van der Waals surface area contributed by atoms with Crippen molar-refractivity contribution < 1.29 is 23.5 Å². The smallest absolute Gasteiger partial charge is 0.273 e. The van der Waals surface area contributed by atoms with E-state index in [0.29, 0.717) is 40.5 Å². The first kappa shape index (κ1) is 36.5. The highest BCUT2D eigenvalue weighted by atomic mass is 35.5. The number of fused-ring (bicyclic) bond motifs is 1. The number of hydrazine groups is 1. The lowest BCUT2D eigenvalue weighted by Gasteiger charge is -2.32. The Hall–Kier alpha value is -4.32. The highest BCUT2D eigenvalue weighted by Gasteiger charge is 2.43. The molecule has 1 saturated heterocycles. The van der Waals surface area contributed by atoms with Crippen molar-refractivity contribution in [2.24, 2.45) is 5.92 Å². The van der Waals surface area contributed by atoms with Crippen LogP contribution in [0.3, 0.4) is 0 Å². The predicted octanol–water partition coefficient (Wildman–Crippen LogP) is 6.37. The molecule has 3 aromatic rings. The molecule has 0 spiro atoms. The number of anilines is 1. The Morgan fingerprint density at radius 2 is 2.00 bits per heavy atom. The minimum atomic E-state index is -0.549. The van der Waals surface area contributed by atoms with Crippen LogP contribution in [0.5, 0.6) is 5.88 Å². The first-order valence-corrected chi connectivity index (χ1v) is 18.0. The third kappa shape index (κ3) is 6.86. The summed E-state index contributed by atoms with van der Waals surface area (Å²) in [7, 11) is 3.16. The number of benzene rings is 2. The van der Waals surface area contributed by atoms with Crippen molar-refractivity contribution in [1.82, 2.24) is 25.6 Å². The summed E-state index contributed by atoms with van der Waals surface area (Å²) in [5, 5.41) is 7.65. The number of amides is 3. The molecule has 3 aliphatic rings. The van der Waals surface area contributed by atoms with Crippen molar-refractivity contribution in [1.29, 1.82) is 0 Å². The van der Waals surface area contributed by atoms with Crippen LogP contribution in [-0.2, 0) is 20.8 Å². The van der Waals surface area contributed by atoms with Crippen molar-refractivity contribution in [3.05, 3.63) is 75.6 Å². The quantitative estimate of drug-likeness (QED) is 0.209. The third-order valence-electron chi connectivity index (χ3n) is 10.9. The van der Waals surface area contributed by atoms with Gasteiger partial charge >= 0.3 is 0 Å². The number of methoxy groups -OCH3 is 1. The SMILES string of the molecule is CCC(C)C(=O)NC1(CC)CCN(C2CCc3cc(-c4ccc(F)c(-c5cccc(NC(=O)C6=CCNN(C)C6=O)c5C)c4Cl)nc(OC)c32)C1. The van der Waals surface area contributed by atoms with E-state index < -0.39 is 17.6 Å². The number of carbonyl (C=O) groups is 3. The number of nitrogens with zero attached hydrogens (tertiary/aromatic N) is 3. The number of carbonyl (C=O) groups excluding carboxylic acids is 3. The number of ether oxygens (including phenoxy) is 1. The lowest BCUT2D eigenvalue weighted by molar-refractivity contribution is -0.131. The number of rotatable bonds is 10. The Balaban J connectivity index is 1.29. The molecule has 12 heteroatoms. The topological polar surface area (TPSA) is 116 Å². The molecule has 2 aliphatic heterocycles. The average Bonchev–Trinajstić information content (AvgIpc) is 3.75. The second kappa shape index (κ2) is 14.7. The number of likely N-dealkylation sites (tertiary alicyclic amines) is 1. The molecule has 1 fully saturated rings. The molecule has 6 rings (SSSR count). The van der Waals surface area contributed by atoms with Crippen LogP contribution in [0.25, 0.3) is 22.4 Å². The van der Waals surface area contributed by atoms with Gasteiger partial charge in [-0.2, -0.15) is 0 Å². The highest BCUT2D eigenvalue weighted by Crippen LogP contribution is 2.47. The maximum atomic E-state index is 15.7. The van der Waals surface area contributed by atoms with Crippen LogP contribution < -0.4 is 20.8 Å². The summed E-state index contributed by atoms with van der Waals surface area (Å²) in [6.07, 6.45) is 5.79. The Bertz CT molecular complexity index is 1920. The van der Waals surface area contributed by atoms with E-state index in [-0.39, 0.29) is 39.6 Å². The number of aryl methyl sites for hydroxylation is 1. The van der Waals surface area contributed by atoms with Gasteiger partial charge in [0.2, 0.25) is 11.8 Å². The minimum Gasteiger partial charge on any atom is -0.481 e. The zero-order valence-corrected chi connectivity index (χ0v) is 30.8. The van der Waals surface area contributed by atoms with Crippen LogP contribution in [0.15, 0.2) is 48.0 Å². The zero-order valence-electron chi connectivity index (χ0n) is 30.1. The van der Waals surface area contributed by atoms with E-state index in [9.17, 15) is 14.4 Å². The number of pyridine rings is 1. The molecule has 3 heterocycles. The number of hydrogen-bond acceptors (Lipinski definition) is 7. The maximum Gasteiger partial charge on any atom is 0.273 e. The van der Waals surface area contributed by atoms with Gasteiger partial charge in [0.1, 0.15) is 11.4 Å². The van der Waals surface area contributed by atoms with Gasteiger partial charge in [0.05, 0.1) is 23.4 Å². The lowest BCUT2D eigenvalue weighted by Crippen LogP contribution is -2.51. The Kier molecular flexibility index (Phi) is 10.5. The van der Waals surface area contributed by atoms with Gasteiger partial charge in [0.25, 0.3) is 11.8 Å². The molecule has 3 N–H and O–H groups in total. The van der Waals surface area contributed by atoms with Crippen molar-refractivity contribution in [3.8, 4) is 28.3 Å². The van der Waals surface area contributed by atoms with Crippen LogP contribution in [0, 0.1) is 18.7 Å². The van der Waals surface area contributed by atoms with Gasteiger partial charge in [0, 0.05) is 61.0 Å². The number of aromatic nitrogens is 1. The molecule has 3 atom stereocenters. The lowest BCUT2D eigenvalue weighted by atomic mass is 9.93. The van der Waals surface area contributed by atoms with Crippen molar-refractivity contribution >= 4 is 35.0 Å². The van der Waals surface area contributed by atoms with Gasteiger partial charge in [-0.05, 0) is 80.0 Å². The number of nitrogens with one attached hydrogen (secondary N) is 3. The third-order valence-corrected chi connectivity index (χ3v) is 11.3. The molecule has 1 aliphatic carbocycles. The summed E-state index contributed by atoms with van der Waals surface area (Å²) in [6, 6.07) is 10.3. The average molecular weight is 717 g/mol. The number of hydrogen-bond donors (Lipinski definition) is 3.